The number of aromatic amines is 1. The van der Waals surface area contributed by atoms with Crippen molar-refractivity contribution in [3.05, 3.63) is 48.4 Å². The molecular formula is C22H21N7O2. The number of benzene rings is 1. The lowest BCUT2D eigenvalue weighted by Gasteiger charge is -2.07. The van der Waals surface area contributed by atoms with E-state index in [1.54, 1.807) is 18.1 Å². The van der Waals surface area contributed by atoms with E-state index >= 15 is 0 Å². The number of fused-ring (bicyclic) bond motifs is 1. The second-order valence-corrected chi connectivity index (χ2v) is 7.66. The molecule has 156 valence electrons. The summed E-state index contributed by atoms with van der Waals surface area (Å²) in [4.78, 5) is 36.7. The molecule has 9 heteroatoms. The highest BCUT2D eigenvalue weighted by molar-refractivity contribution is 6.11. The molecule has 31 heavy (non-hydrogen) atoms. The van der Waals surface area contributed by atoms with Crippen LogP contribution in [0.4, 0.5) is 5.82 Å². The number of pyridine rings is 1. The largest absolute Gasteiger partial charge is 0.355 e. The first-order valence-corrected chi connectivity index (χ1v) is 10.0. The maximum absolute atomic E-state index is 12.4. The minimum Gasteiger partial charge on any atom is -0.355 e. The van der Waals surface area contributed by atoms with Gasteiger partial charge in [-0.1, -0.05) is 18.2 Å². The fourth-order valence-electron chi connectivity index (χ4n) is 3.54. The van der Waals surface area contributed by atoms with Crippen molar-refractivity contribution in [1.29, 1.82) is 0 Å². The molecule has 1 fully saturated rings. The highest BCUT2D eigenvalue weighted by Crippen LogP contribution is 2.34. The number of hydrogen-bond acceptors (Lipinski definition) is 5. The van der Waals surface area contributed by atoms with Crippen LogP contribution in [0.25, 0.3) is 33.5 Å². The van der Waals surface area contributed by atoms with Crippen LogP contribution < -0.4 is 10.6 Å². The van der Waals surface area contributed by atoms with Gasteiger partial charge in [-0.2, -0.15) is 5.10 Å². The third kappa shape index (κ3) is 3.54. The van der Waals surface area contributed by atoms with Gasteiger partial charge >= 0.3 is 0 Å². The molecule has 9 nitrogen and oxygen atoms in total. The Balaban J connectivity index is 1.61. The van der Waals surface area contributed by atoms with E-state index in [0.29, 0.717) is 28.1 Å². The van der Waals surface area contributed by atoms with E-state index in [2.05, 4.69) is 30.7 Å². The van der Waals surface area contributed by atoms with Crippen LogP contribution >= 0.6 is 0 Å². The number of nitrogens with zero attached hydrogens (tertiary/aromatic N) is 4. The maximum atomic E-state index is 12.4. The first-order chi connectivity index (χ1) is 15.0. The number of hydrogen-bond donors (Lipinski definition) is 3. The fraction of sp³-hybridized carbons (Fsp3) is 0.227. The fourth-order valence-corrected chi connectivity index (χ4v) is 3.54. The van der Waals surface area contributed by atoms with Gasteiger partial charge in [0.15, 0.2) is 11.6 Å². The Morgan fingerprint density at radius 1 is 1.16 bits per heavy atom. The second kappa shape index (κ2) is 7.35. The molecule has 0 saturated heterocycles. The summed E-state index contributed by atoms with van der Waals surface area (Å²) in [5.74, 6) is 0.821. The van der Waals surface area contributed by atoms with E-state index in [-0.39, 0.29) is 17.7 Å². The molecule has 1 aliphatic carbocycles. The quantitative estimate of drug-likeness (QED) is 0.463. The molecule has 0 aliphatic heterocycles. The molecule has 0 spiro atoms. The van der Waals surface area contributed by atoms with Crippen molar-refractivity contribution < 1.29 is 9.59 Å². The number of H-pyrrole nitrogens is 1. The molecule has 2 amide bonds. The number of nitrogens with one attached hydrogen (secondary N) is 3. The van der Waals surface area contributed by atoms with Gasteiger partial charge in [0.2, 0.25) is 5.91 Å². The minimum absolute atomic E-state index is 0.0409. The third-order valence-corrected chi connectivity index (χ3v) is 5.36. The Labute approximate surface area is 177 Å². The van der Waals surface area contributed by atoms with Crippen LogP contribution in [0.2, 0.25) is 0 Å². The smallest absolute Gasteiger partial charge is 0.253 e. The van der Waals surface area contributed by atoms with Crippen molar-refractivity contribution in [1.82, 2.24) is 30.0 Å². The summed E-state index contributed by atoms with van der Waals surface area (Å²) >= 11 is 0. The average molecular weight is 415 g/mol. The van der Waals surface area contributed by atoms with E-state index in [1.165, 1.54) is 6.20 Å². The molecule has 3 aromatic heterocycles. The van der Waals surface area contributed by atoms with Crippen molar-refractivity contribution in [2.75, 3.05) is 12.4 Å². The Kier molecular flexibility index (Phi) is 4.50. The Morgan fingerprint density at radius 3 is 2.68 bits per heavy atom. The summed E-state index contributed by atoms with van der Waals surface area (Å²) in [7, 11) is 3.40. The van der Waals surface area contributed by atoms with Gasteiger partial charge in [0.05, 0.1) is 11.1 Å². The standard InChI is InChI=1S/C22H21N7O2/c1-23-22(31)16-10-24-20(27-21(30)12-6-7-12)18-15(16)9-17(26-18)13-4-3-5-14(8-13)19-25-11-29(2)28-19/h3-5,8-12,26H,6-7H2,1-2H3,(H,23,31)(H,24,27,30). The lowest BCUT2D eigenvalue weighted by molar-refractivity contribution is -0.117. The first kappa shape index (κ1) is 19.0. The van der Waals surface area contributed by atoms with Crippen LogP contribution in [0.5, 0.6) is 0 Å². The zero-order valence-electron chi connectivity index (χ0n) is 17.1. The number of carbonyl (C=O) groups excluding carboxylic acids is 2. The van der Waals surface area contributed by atoms with Crippen LogP contribution in [-0.4, -0.2) is 43.6 Å². The molecule has 3 heterocycles. The molecule has 4 aromatic rings. The zero-order chi connectivity index (χ0) is 21.5. The number of anilines is 1. The van der Waals surface area contributed by atoms with Gasteiger partial charge in [0.1, 0.15) is 6.33 Å². The van der Waals surface area contributed by atoms with Crippen molar-refractivity contribution in [2.45, 2.75) is 12.8 Å². The van der Waals surface area contributed by atoms with Crippen LogP contribution in [-0.2, 0) is 11.8 Å². The highest BCUT2D eigenvalue weighted by Gasteiger charge is 2.30. The van der Waals surface area contributed by atoms with Gasteiger partial charge in [0.25, 0.3) is 5.91 Å². The summed E-state index contributed by atoms with van der Waals surface area (Å²) in [6.45, 7) is 0. The highest BCUT2D eigenvalue weighted by atomic mass is 16.2. The summed E-state index contributed by atoms with van der Waals surface area (Å²) in [5, 5.41) is 10.6. The second-order valence-electron chi connectivity index (χ2n) is 7.66. The van der Waals surface area contributed by atoms with Crippen molar-refractivity contribution in [3.63, 3.8) is 0 Å². The average Bonchev–Trinajstić information content (AvgIpc) is 3.39. The van der Waals surface area contributed by atoms with Crippen LogP contribution in [0.15, 0.2) is 42.9 Å². The molecule has 0 radical (unpaired) electrons. The van der Waals surface area contributed by atoms with Crippen LogP contribution in [0.3, 0.4) is 0 Å². The predicted octanol–water partition coefficient (Wildman–Crippen LogP) is 2.73. The van der Waals surface area contributed by atoms with E-state index in [9.17, 15) is 9.59 Å². The SMILES string of the molecule is CNC(=O)c1cnc(NC(=O)C2CC2)c2[nH]c(-c3cccc(-c4ncn(C)n4)c3)cc12. The van der Waals surface area contributed by atoms with Gasteiger partial charge in [-0.05, 0) is 30.5 Å². The molecule has 0 unspecified atom stereocenters. The van der Waals surface area contributed by atoms with Gasteiger partial charge in [0, 0.05) is 42.9 Å². The van der Waals surface area contributed by atoms with Gasteiger partial charge in [-0.3, -0.25) is 14.3 Å². The summed E-state index contributed by atoms with van der Waals surface area (Å²) < 4.78 is 1.65. The lowest BCUT2D eigenvalue weighted by Crippen LogP contribution is -2.19. The molecule has 1 saturated carbocycles. The summed E-state index contributed by atoms with van der Waals surface area (Å²) in [6, 6.07) is 9.72. The van der Waals surface area contributed by atoms with Crippen molar-refractivity contribution >= 4 is 28.5 Å². The Bertz CT molecular complexity index is 1320. The number of rotatable bonds is 5. The van der Waals surface area contributed by atoms with E-state index in [4.69, 9.17) is 0 Å². The van der Waals surface area contributed by atoms with Crippen LogP contribution in [0.1, 0.15) is 23.2 Å². The third-order valence-electron chi connectivity index (χ3n) is 5.36. The Hall–Kier alpha value is -4.01. The van der Waals surface area contributed by atoms with E-state index < -0.39 is 0 Å². The van der Waals surface area contributed by atoms with Crippen molar-refractivity contribution in [3.8, 4) is 22.6 Å². The summed E-state index contributed by atoms with van der Waals surface area (Å²) in [5.41, 5.74) is 3.64. The molecule has 0 atom stereocenters. The minimum atomic E-state index is -0.241. The Morgan fingerprint density at radius 2 is 1.97 bits per heavy atom. The molecular weight excluding hydrogens is 394 g/mol. The van der Waals surface area contributed by atoms with Crippen LogP contribution in [0, 0.1) is 5.92 Å². The first-order valence-electron chi connectivity index (χ1n) is 10.0. The summed E-state index contributed by atoms with van der Waals surface area (Å²) in [6.07, 6.45) is 4.95. The zero-order valence-corrected chi connectivity index (χ0v) is 17.1. The van der Waals surface area contributed by atoms with E-state index in [1.807, 2.05) is 37.4 Å². The topological polar surface area (TPSA) is 118 Å². The molecule has 0 bridgehead atoms. The molecule has 1 aliphatic rings. The number of carbonyl (C=O) groups is 2. The van der Waals surface area contributed by atoms with Gasteiger partial charge in [-0.25, -0.2) is 9.97 Å². The number of amides is 2. The predicted molar refractivity (Wildman–Crippen MR) is 116 cm³/mol. The number of aryl methyl sites for hydroxylation is 1. The lowest BCUT2D eigenvalue weighted by atomic mass is 10.1. The van der Waals surface area contributed by atoms with E-state index in [0.717, 1.165) is 29.7 Å². The molecule has 5 rings (SSSR count). The monoisotopic (exact) mass is 415 g/mol. The van der Waals surface area contributed by atoms with Crippen molar-refractivity contribution in [2.24, 2.45) is 13.0 Å². The molecule has 3 N–H and O–H groups in total. The maximum Gasteiger partial charge on any atom is 0.253 e. The normalized spacial score (nSPS) is 13.4. The molecule has 1 aromatic carbocycles. The number of aromatic nitrogens is 5. The van der Waals surface area contributed by atoms with Gasteiger partial charge in [-0.15, -0.1) is 0 Å². The van der Waals surface area contributed by atoms with Gasteiger partial charge < -0.3 is 15.6 Å².